The number of benzene rings is 1. The molecule has 0 saturated carbocycles. The lowest BCUT2D eigenvalue weighted by Crippen LogP contribution is -1.98. The fourth-order valence-corrected chi connectivity index (χ4v) is 1.49. The number of anilines is 3. The molecule has 0 amide bonds. The Kier molecular flexibility index (Phi) is 3.09. The molecule has 2 rings (SSSR count). The molecule has 0 atom stereocenters. The number of nitrogens with two attached hydrogens (primary N) is 1. The summed E-state index contributed by atoms with van der Waals surface area (Å²) in [4.78, 5) is 14.2. The van der Waals surface area contributed by atoms with E-state index in [4.69, 9.17) is 5.73 Å². The SMILES string of the molecule is Cc1cc([N+](=O)[O-])cnc1Nc1ccc(N)cc1. The molecular weight excluding hydrogens is 232 g/mol. The van der Waals surface area contributed by atoms with Crippen molar-refractivity contribution >= 4 is 22.9 Å². The van der Waals surface area contributed by atoms with E-state index in [1.807, 2.05) is 12.1 Å². The number of nitrogens with one attached hydrogen (secondary N) is 1. The third-order valence-electron chi connectivity index (χ3n) is 2.45. The van der Waals surface area contributed by atoms with E-state index in [2.05, 4.69) is 10.3 Å². The molecule has 0 saturated heterocycles. The molecule has 0 aliphatic carbocycles. The first-order chi connectivity index (χ1) is 8.56. The van der Waals surface area contributed by atoms with Crippen LogP contribution in [-0.4, -0.2) is 9.91 Å². The average Bonchev–Trinajstić information content (AvgIpc) is 2.34. The van der Waals surface area contributed by atoms with E-state index in [1.165, 1.54) is 12.3 Å². The van der Waals surface area contributed by atoms with Gasteiger partial charge >= 0.3 is 0 Å². The first kappa shape index (κ1) is 11.8. The molecule has 0 aliphatic rings. The van der Waals surface area contributed by atoms with Crippen molar-refractivity contribution in [3.8, 4) is 0 Å². The topological polar surface area (TPSA) is 94.1 Å². The summed E-state index contributed by atoms with van der Waals surface area (Å²) in [7, 11) is 0. The third kappa shape index (κ3) is 2.54. The van der Waals surface area contributed by atoms with Crippen molar-refractivity contribution in [3.05, 3.63) is 52.2 Å². The lowest BCUT2D eigenvalue weighted by atomic mass is 10.2. The molecule has 18 heavy (non-hydrogen) atoms. The highest BCUT2D eigenvalue weighted by atomic mass is 16.6. The van der Waals surface area contributed by atoms with Crippen LogP contribution >= 0.6 is 0 Å². The summed E-state index contributed by atoms with van der Waals surface area (Å²) in [6, 6.07) is 8.65. The largest absolute Gasteiger partial charge is 0.399 e. The summed E-state index contributed by atoms with van der Waals surface area (Å²) in [5.74, 6) is 0.588. The fourth-order valence-electron chi connectivity index (χ4n) is 1.49. The minimum Gasteiger partial charge on any atom is -0.399 e. The van der Waals surface area contributed by atoms with Crippen molar-refractivity contribution in [2.45, 2.75) is 6.92 Å². The Labute approximate surface area is 104 Å². The zero-order chi connectivity index (χ0) is 13.1. The van der Waals surface area contributed by atoms with Crippen molar-refractivity contribution in [1.29, 1.82) is 0 Å². The number of hydrogen-bond acceptors (Lipinski definition) is 5. The summed E-state index contributed by atoms with van der Waals surface area (Å²) in [5.41, 5.74) is 7.78. The summed E-state index contributed by atoms with van der Waals surface area (Å²) in [6.07, 6.45) is 1.23. The molecule has 0 aliphatic heterocycles. The molecule has 0 bridgehead atoms. The van der Waals surface area contributed by atoms with E-state index < -0.39 is 4.92 Å². The van der Waals surface area contributed by atoms with Gasteiger partial charge < -0.3 is 11.1 Å². The Morgan fingerprint density at radius 1 is 1.33 bits per heavy atom. The number of aromatic nitrogens is 1. The van der Waals surface area contributed by atoms with Crippen LogP contribution in [0.5, 0.6) is 0 Å². The molecule has 2 aromatic rings. The van der Waals surface area contributed by atoms with Gasteiger partial charge in [0.2, 0.25) is 0 Å². The molecule has 1 aromatic heterocycles. The Morgan fingerprint density at radius 3 is 2.56 bits per heavy atom. The second-order valence-corrected chi connectivity index (χ2v) is 3.86. The fraction of sp³-hybridized carbons (Fsp3) is 0.0833. The van der Waals surface area contributed by atoms with Crippen LogP contribution in [0.3, 0.4) is 0 Å². The number of nitrogen functional groups attached to an aromatic ring is 1. The van der Waals surface area contributed by atoms with Gasteiger partial charge in [-0.3, -0.25) is 10.1 Å². The minimum absolute atomic E-state index is 0.0182. The molecule has 6 nitrogen and oxygen atoms in total. The minimum atomic E-state index is -0.465. The average molecular weight is 244 g/mol. The molecule has 1 heterocycles. The summed E-state index contributed by atoms with van der Waals surface area (Å²) < 4.78 is 0. The maximum Gasteiger partial charge on any atom is 0.287 e. The van der Waals surface area contributed by atoms with Gasteiger partial charge in [-0.2, -0.15) is 0 Å². The molecule has 0 fully saturated rings. The van der Waals surface area contributed by atoms with Crippen LogP contribution in [0.25, 0.3) is 0 Å². The van der Waals surface area contributed by atoms with Crippen LogP contribution in [0.2, 0.25) is 0 Å². The monoisotopic (exact) mass is 244 g/mol. The van der Waals surface area contributed by atoms with Crippen molar-refractivity contribution in [2.75, 3.05) is 11.1 Å². The summed E-state index contributed by atoms with van der Waals surface area (Å²) in [6.45, 7) is 1.76. The van der Waals surface area contributed by atoms with Crippen molar-refractivity contribution in [2.24, 2.45) is 0 Å². The maximum atomic E-state index is 10.6. The summed E-state index contributed by atoms with van der Waals surface area (Å²) >= 11 is 0. The molecule has 0 unspecified atom stereocenters. The normalized spacial score (nSPS) is 10.1. The van der Waals surface area contributed by atoms with Gasteiger partial charge in [0, 0.05) is 17.4 Å². The van der Waals surface area contributed by atoms with E-state index in [1.54, 1.807) is 19.1 Å². The number of nitrogens with zero attached hydrogens (tertiary/aromatic N) is 2. The second-order valence-electron chi connectivity index (χ2n) is 3.86. The molecule has 1 aromatic carbocycles. The zero-order valence-electron chi connectivity index (χ0n) is 9.75. The van der Waals surface area contributed by atoms with E-state index in [9.17, 15) is 10.1 Å². The van der Waals surface area contributed by atoms with E-state index in [0.29, 0.717) is 17.1 Å². The van der Waals surface area contributed by atoms with Gasteiger partial charge in [-0.1, -0.05) is 0 Å². The quantitative estimate of drug-likeness (QED) is 0.491. The van der Waals surface area contributed by atoms with Gasteiger partial charge in [-0.05, 0) is 36.8 Å². The van der Waals surface area contributed by atoms with E-state index in [-0.39, 0.29) is 5.69 Å². The third-order valence-corrected chi connectivity index (χ3v) is 2.45. The Balaban J connectivity index is 2.24. The predicted octanol–water partition coefficient (Wildman–Crippen LogP) is 2.62. The number of aryl methyl sites for hydroxylation is 1. The van der Waals surface area contributed by atoms with Crippen LogP contribution in [0, 0.1) is 17.0 Å². The Morgan fingerprint density at radius 2 is 2.00 bits per heavy atom. The van der Waals surface area contributed by atoms with Crippen LogP contribution in [0.1, 0.15) is 5.56 Å². The van der Waals surface area contributed by atoms with Crippen molar-refractivity contribution in [1.82, 2.24) is 4.98 Å². The van der Waals surface area contributed by atoms with Crippen LogP contribution in [-0.2, 0) is 0 Å². The predicted molar refractivity (Wildman–Crippen MR) is 69.8 cm³/mol. The highest BCUT2D eigenvalue weighted by molar-refractivity contribution is 5.62. The highest BCUT2D eigenvalue weighted by Crippen LogP contribution is 2.22. The van der Waals surface area contributed by atoms with Crippen LogP contribution in [0.4, 0.5) is 22.9 Å². The van der Waals surface area contributed by atoms with Crippen LogP contribution in [0.15, 0.2) is 36.5 Å². The van der Waals surface area contributed by atoms with Gasteiger partial charge in [0.1, 0.15) is 12.0 Å². The number of nitro groups is 1. The lowest BCUT2D eigenvalue weighted by molar-refractivity contribution is -0.385. The van der Waals surface area contributed by atoms with Gasteiger partial charge in [0.15, 0.2) is 0 Å². The van der Waals surface area contributed by atoms with E-state index >= 15 is 0 Å². The van der Waals surface area contributed by atoms with Gasteiger partial charge in [0.05, 0.1) is 4.92 Å². The summed E-state index contributed by atoms with van der Waals surface area (Å²) in [5, 5.41) is 13.7. The van der Waals surface area contributed by atoms with Crippen LogP contribution < -0.4 is 11.1 Å². The zero-order valence-corrected chi connectivity index (χ0v) is 9.75. The van der Waals surface area contributed by atoms with Gasteiger partial charge in [-0.25, -0.2) is 4.98 Å². The first-order valence-corrected chi connectivity index (χ1v) is 5.30. The second kappa shape index (κ2) is 4.70. The van der Waals surface area contributed by atoms with Crippen molar-refractivity contribution < 1.29 is 4.92 Å². The maximum absolute atomic E-state index is 10.6. The highest BCUT2D eigenvalue weighted by Gasteiger charge is 2.09. The van der Waals surface area contributed by atoms with Gasteiger partial charge in [0.25, 0.3) is 5.69 Å². The molecule has 6 heteroatoms. The number of rotatable bonds is 3. The Hall–Kier alpha value is -2.63. The first-order valence-electron chi connectivity index (χ1n) is 5.30. The number of hydrogen-bond donors (Lipinski definition) is 2. The standard InChI is InChI=1S/C12H12N4O2/c1-8-6-11(16(17)18)7-14-12(8)15-10-4-2-9(13)3-5-10/h2-7H,13H2,1H3,(H,14,15). The lowest BCUT2D eigenvalue weighted by Gasteiger charge is -2.08. The number of pyridine rings is 1. The van der Waals surface area contributed by atoms with Gasteiger partial charge in [-0.15, -0.1) is 0 Å². The molecule has 0 radical (unpaired) electrons. The Bertz CT molecular complexity index is 581. The smallest absolute Gasteiger partial charge is 0.287 e. The van der Waals surface area contributed by atoms with Crippen molar-refractivity contribution in [3.63, 3.8) is 0 Å². The van der Waals surface area contributed by atoms with E-state index in [0.717, 1.165) is 5.69 Å². The molecular formula is C12H12N4O2. The molecule has 92 valence electrons. The molecule has 3 N–H and O–H groups in total. The molecule has 0 spiro atoms.